The van der Waals surface area contributed by atoms with Crippen LogP contribution in [0.1, 0.15) is 17.3 Å². The van der Waals surface area contributed by atoms with E-state index in [1.807, 2.05) is 51.2 Å². The number of halogens is 2. The predicted octanol–water partition coefficient (Wildman–Crippen LogP) is 2.43. The largest absolute Gasteiger partial charge is 0.478 e. The van der Waals surface area contributed by atoms with Crippen LogP contribution in [0.2, 0.25) is 0 Å². The molecule has 0 bridgehead atoms. The van der Waals surface area contributed by atoms with Crippen molar-refractivity contribution in [1.82, 2.24) is 5.32 Å². The molecule has 0 aromatic heterocycles. The minimum atomic E-state index is -1.06. The summed E-state index contributed by atoms with van der Waals surface area (Å²) >= 11 is 8.95. The first-order chi connectivity index (χ1) is 8.31. The Kier molecular flexibility index (Phi) is 5.72. The minimum Gasteiger partial charge on any atom is -0.478 e. The Morgan fingerprint density at radius 2 is 1.94 bits per heavy atom. The van der Waals surface area contributed by atoms with Crippen molar-refractivity contribution in [3.63, 3.8) is 0 Å². The highest BCUT2D eigenvalue weighted by Gasteiger charge is 2.15. The second kappa shape index (κ2) is 6.61. The Morgan fingerprint density at radius 1 is 1.33 bits per heavy atom. The average molecular weight is 490 g/mol. The maximum atomic E-state index is 11.2. The molecule has 0 saturated heterocycles. The Labute approximate surface area is 136 Å². The van der Waals surface area contributed by atoms with Gasteiger partial charge in [0.15, 0.2) is 5.11 Å². The summed E-state index contributed by atoms with van der Waals surface area (Å²) in [5.74, 6) is -1.37. The van der Waals surface area contributed by atoms with Crippen LogP contribution in [0.25, 0.3) is 0 Å². The van der Waals surface area contributed by atoms with Crippen LogP contribution in [-0.4, -0.2) is 22.1 Å². The smallest absolute Gasteiger partial charge is 0.337 e. The summed E-state index contributed by atoms with van der Waals surface area (Å²) in [5.41, 5.74) is 0.487. The fourth-order valence-electron chi connectivity index (χ4n) is 1.17. The molecule has 1 aromatic carbocycles. The molecule has 96 valence electrons. The van der Waals surface area contributed by atoms with Gasteiger partial charge in [0, 0.05) is 14.1 Å². The van der Waals surface area contributed by atoms with Crippen molar-refractivity contribution in [1.29, 1.82) is 0 Å². The molecule has 18 heavy (non-hydrogen) atoms. The number of aromatic carboxylic acids is 1. The number of anilines is 1. The van der Waals surface area contributed by atoms with E-state index in [0.29, 0.717) is 9.26 Å². The van der Waals surface area contributed by atoms with Crippen molar-refractivity contribution in [2.75, 3.05) is 5.32 Å². The van der Waals surface area contributed by atoms with Gasteiger partial charge in [0.25, 0.3) is 0 Å². The SMILES string of the molecule is CC(=O)NC(=S)Nc1c(I)cc(I)cc1C(=O)O. The standard InChI is InChI=1S/C10H8I2N2O3S/c1-4(15)13-10(18)14-8-6(9(16)17)2-5(11)3-7(8)12/h2-3H,1H3,(H,16,17)(H2,13,14,15,18). The number of carboxylic acids is 1. The molecular formula is C10H8I2N2O3S. The van der Waals surface area contributed by atoms with Crippen LogP contribution in [0.4, 0.5) is 5.69 Å². The van der Waals surface area contributed by atoms with E-state index in [1.165, 1.54) is 13.0 Å². The summed E-state index contributed by atoms with van der Waals surface area (Å²) in [6.45, 7) is 1.32. The number of amides is 1. The van der Waals surface area contributed by atoms with E-state index < -0.39 is 5.97 Å². The first-order valence-electron chi connectivity index (χ1n) is 4.62. The molecule has 1 amide bonds. The maximum Gasteiger partial charge on any atom is 0.337 e. The van der Waals surface area contributed by atoms with Crippen LogP contribution in [0.15, 0.2) is 12.1 Å². The normalized spacial score (nSPS) is 9.72. The van der Waals surface area contributed by atoms with E-state index in [-0.39, 0.29) is 16.6 Å². The van der Waals surface area contributed by atoms with Gasteiger partial charge in [-0.1, -0.05) is 0 Å². The highest BCUT2D eigenvalue weighted by molar-refractivity contribution is 14.1. The van der Waals surface area contributed by atoms with E-state index >= 15 is 0 Å². The molecular weight excluding hydrogens is 482 g/mol. The van der Waals surface area contributed by atoms with Crippen molar-refractivity contribution in [2.45, 2.75) is 6.92 Å². The molecule has 0 aliphatic carbocycles. The van der Waals surface area contributed by atoms with Crippen LogP contribution < -0.4 is 10.6 Å². The highest BCUT2D eigenvalue weighted by Crippen LogP contribution is 2.26. The van der Waals surface area contributed by atoms with Crippen molar-refractivity contribution < 1.29 is 14.7 Å². The molecule has 8 heteroatoms. The summed E-state index contributed by atoms with van der Waals surface area (Å²) in [4.78, 5) is 22.0. The van der Waals surface area contributed by atoms with Crippen LogP contribution in [0.3, 0.4) is 0 Å². The first-order valence-corrected chi connectivity index (χ1v) is 7.18. The molecule has 0 unspecified atom stereocenters. The molecule has 5 nitrogen and oxygen atoms in total. The Bertz CT molecular complexity index is 534. The molecule has 0 spiro atoms. The fourth-order valence-corrected chi connectivity index (χ4v) is 3.40. The van der Waals surface area contributed by atoms with Crippen LogP contribution in [0, 0.1) is 7.14 Å². The lowest BCUT2D eigenvalue weighted by molar-refractivity contribution is -0.117. The molecule has 0 heterocycles. The third kappa shape index (κ3) is 4.31. The minimum absolute atomic E-state index is 0.0733. The fraction of sp³-hybridized carbons (Fsp3) is 0.100. The van der Waals surface area contributed by atoms with Gasteiger partial charge in [-0.15, -0.1) is 0 Å². The molecule has 0 aliphatic heterocycles. The summed E-state index contributed by atoms with van der Waals surface area (Å²) < 4.78 is 1.52. The second-order valence-electron chi connectivity index (χ2n) is 3.25. The topological polar surface area (TPSA) is 78.4 Å². The van der Waals surface area contributed by atoms with Crippen LogP contribution in [-0.2, 0) is 4.79 Å². The van der Waals surface area contributed by atoms with E-state index in [0.717, 1.165) is 3.57 Å². The lowest BCUT2D eigenvalue weighted by Crippen LogP contribution is -2.33. The van der Waals surface area contributed by atoms with Gasteiger partial charge in [0.1, 0.15) is 0 Å². The highest BCUT2D eigenvalue weighted by atomic mass is 127. The summed E-state index contributed by atoms with van der Waals surface area (Å²) in [6.07, 6.45) is 0. The quantitative estimate of drug-likeness (QED) is 0.439. The molecule has 1 rings (SSSR count). The molecule has 0 atom stereocenters. The van der Waals surface area contributed by atoms with Crippen molar-refractivity contribution in [2.24, 2.45) is 0 Å². The predicted molar refractivity (Wildman–Crippen MR) is 88.9 cm³/mol. The number of hydrogen-bond acceptors (Lipinski definition) is 3. The van der Waals surface area contributed by atoms with Gasteiger partial charge in [-0.3, -0.25) is 4.79 Å². The van der Waals surface area contributed by atoms with E-state index in [9.17, 15) is 9.59 Å². The number of nitrogens with one attached hydrogen (secondary N) is 2. The Hall–Kier alpha value is -0.490. The van der Waals surface area contributed by atoms with Crippen molar-refractivity contribution in [3.8, 4) is 0 Å². The number of benzene rings is 1. The van der Waals surface area contributed by atoms with Gasteiger partial charge >= 0.3 is 5.97 Å². The van der Waals surface area contributed by atoms with Gasteiger partial charge in [-0.05, 0) is 69.5 Å². The number of carbonyl (C=O) groups is 2. The van der Waals surface area contributed by atoms with Gasteiger partial charge < -0.3 is 15.7 Å². The third-order valence-electron chi connectivity index (χ3n) is 1.81. The third-order valence-corrected chi connectivity index (χ3v) is 3.49. The second-order valence-corrected chi connectivity index (χ2v) is 6.07. The van der Waals surface area contributed by atoms with Gasteiger partial charge in [-0.25, -0.2) is 4.79 Å². The molecule has 0 saturated carbocycles. The molecule has 0 radical (unpaired) electrons. The molecule has 3 N–H and O–H groups in total. The van der Waals surface area contributed by atoms with Gasteiger partial charge in [0.05, 0.1) is 11.3 Å². The summed E-state index contributed by atoms with van der Waals surface area (Å²) in [5, 5.41) is 14.3. The molecule has 0 fully saturated rings. The Balaban J connectivity index is 3.11. The summed E-state index contributed by atoms with van der Waals surface area (Å²) in [6, 6.07) is 3.34. The van der Waals surface area contributed by atoms with Crippen molar-refractivity contribution in [3.05, 3.63) is 24.8 Å². The molecule has 1 aromatic rings. The number of carbonyl (C=O) groups excluding carboxylic acids is 1. The molecule has 0 aliphatic rings. The zero-order valence-corrected chi connectivity index (χ0v) is 14.2. The number of carboxylic acid groups (broad SMARTS) is 1. The first kappa shape index (κ1) is 15.6. The zero-order chi connectivity index (χ0) is 13.9. The lowest BCUT2D eigenvalue weighted by atomic mass is 10.2. The van der Waals surface area contributed by atoms with Gasteiger partial charge in [0.2, 0.25) is 5.91 Å². The van der Waals surface area contributed by atoms with E-state index in [2.05, 4.69) is 10.6 Å². The van der Waals surface area contributed by atoms with Crippen LogP contribution >= 0.6 is 57.4 Å². The average Bonchev–Trinajstić information content (AvgIpc) is 2.20. The number of thiocarbonyl (C=S) groups is 1. The Morgan fingerprint density at radius 3 is 2.44 bits per heavy atom. The summed E-state index contributed by atoms with van der Waals surface area (Å²) in [7, 11) is 0. The van der Waals surface area contributed by atoms with Crippen molar-refractivity contribution >= 4 is 80.1 Å². The number of hydrogen-bond donors (Lipinski definition) is 3. The zero-order valence-electron chi connectivity index (χ0n) is 9.08. The monoisotopic (exact) mass is 490 g/mol. The maximum absolute atomic E-state index is 11.2. The van der Waals surface area contributed by atoms with E-state index in [4.69, 9.17) is 17.3 Å². The van der Waals surface area contributed by atoms with E-state index in [1.54, 1.807) is 0 Å². The van der Waals surface area contributed by atoms with Crippen LogP contribution in [0.5, 0.6) is 0 Å². The van der Waals surface area contributed by atoms with Gasteiger partial charge in [-0.2, -0.15) is 0 Å². The number of rotatable bonds is 2. The lowest BCUT2D eigenvalue weighted by Gasteiger charge is -2.13.